The molecular weight excluding hydrogens is 591 g/mol. The number of benzene rings is 3. The Kier molecular flexibility index (Phi) is 11.3. The monoisotopic (exact) mass is 646 g/mol. The minimum absolute atomic E-state index is 0.0425. The van der Waals surface area contributed by atoms with Crippen molar-refractivity contribution in [2.75, 3.05) is 0 Å². The van der Waals surface area contributed by atoms with Crippen molar-refractivity contribution in [3.8, 4) is 0 Å². The zero-order valence-electron chi connectivity index (χ0n) is 26.5. The first-order valence-corrected chi connectivity index (χ1v) is 22.9. The van der Waals surface area contributed by atoms with Gasteiger partial charge in [0.2, 0.25) is 0 Å². The fourth-order valence-corrected chi connectivity index (χ4v) is 30.2. The van der Waals surface area contributed by atoms with Crippen LogP contribution in [0.15, 0.2) is 101 Å². The normalized spacial score (nSPS) is 14.3. The van der Waals surface area contributed by atoms with E-state index in [4.69, 9.17) is 0 Å². The zero-order chi connectivity index (χ0) is 29.4. The van der Waals surface area contributed by atoms with Crippen molar-refractivity contribution in [3.63, 3.8) is 0 Å². The van der Waals surface area contributed by atoms with Crippen LogP contribution in [0.1, 0.15) is 91.3 Å². The first kappa shape index (κ1) is 32.7. The molecule has 0 spiro atoms. The van der Waals surface area contributed by atoms with E-state index in [9.17, 15) is 5.11 Å². The number of allylic oxidation sites excluding steroid dienone is 1. The number of hydrogen-bond donors (Lipinski definition) is 1. The molecular formula is C38H54OSn. The summed E-state index contributed by atoms with van der Waals surface area (Å²) in [6.07, 6.45) is 5.33. The minimum atomic E-state index is -3.38. The van der Waals surface area contributed by atoms with Crippen molar-refractivity contribution < 1.29 is 5.11 Å². The van der Waals surface area contributed by atoms with E-state index < -0.39 is 24.5 Å². The number of rotatable bonds is 14. The van der Waals surface area contributed by atoms with E-state index in [0.717, 1.165) is 6.42 Å². The van der Waals surface area contributed by atoms with Crippen molar-refractivity contribution in [2.24, 2.45) is 0 Å². The van der Waals surface area contributed by atoms with Gasteiger partial charge in [0.05, 0.1) is 0 Å². The summed E-state index contributed by atoms with van der Waals surface area (Å²) in [7, 11) is 0. The van der Waals surface area contributed by atoms with Crippen LogP contribution in [0.2, 0.25) is 13.3 Å². The van der Waals surface area contributed by atoms with Gasteiger partial charge in [-0.3, -0.25) is 0 Å². The van der Waals surface area contributed by atoms with Gasteiger partial charge in [0.15, 0.2) is 0 Å². The second-order valence-corrected chi connectivity index (χ2v) is 26.3. The van der Waals surface area contributed by atoms with Crippen molar-refractivity contribution in [1.29, 1.82) is 0 Å². The third kappa shape index (κ3) is 8.58. The summed E-state index contributed by atoms with van der Waals surface area (Å²) in [6, 6.07) is 33.5. The van der Waals surface area contributed by atoms with Gasteiger partial charge in [-0.2, -0.15) is 0 Å². The van der Waals surface area contributed by atoms with Crippen LogP contribution in [0.4, 0.5) is 0 Å². The summed E-state index contributed by atoms with van der Waals surface area (Å²) >= 11 is -3.38. The maximum absolute atomic E-state index is 10.9. The van der Waals surface area contributed by atoms with Crippen LogP contribution >= 0.6 is 0 Å². The maximum atomic E-state index is 10.9. The van der Waals surface area contributed by atoms with Crippen LogP contribution in [0.3, 0.4) is 0 Å². The van der Waals surface area contributed by atoms with Gasteiger partial charge in [0.25, 0.3) is 0 Å². The zero-order valence-corrected chi connectivity index (χ0v) is 29.4. The van der Waals surface area contributed by atoms with Crippen LogP contribution in [0.25, 0.3) is 0 Å². The Hall–Kier alpha value is -1.84. The predicted molar refractivity (Wildman–Crippen MR) is 178 cm³/mol. The molecule has 3 aromatic rings. The average Bonchev–Trinajstić information content (AvgIpc) is 2.91. The van der Waals surface area contributed by atoms with Crippen LogP contribution < -0.4 is 0 Å². The summed E-state index contributed by atoms with van der Waals surface area (Å²) in [4.78, 5) is 0. The van der Waals surface area contributed by atoms with E-state index in [1.54, 1.807) is 3.59 Å². The van der Waals surface area contributed by atoms with E-state index in [1.165, 1.54) is 42.8 Å². The average molecular weight is 646 g/mol. The standard InChI is InChI=1S/3C10H13.C8H15O.Sn/c3*1-10(2,3)9-7-5-4-6-8-9;1-3-4-5-6-7-8(2)9;/h3*4-8H,1H2,2-3H3;7-9H,3-5H2,1-2H3;. The van der Waals surface area contributed by atoms with Gasteiger partial charge in [-0.05, 0) is 0 Å². The second-order valence-electron chi connectivity index (χ2n) is 14.1. The molecule has 2 heteroatoms. The van der Waals surface area contributed by atoms with E-state index in [0.29, 0.717) is 0 Å². The van der Waals surface area contributed by atoms with Gasteiger partial charge in [-0.25, -0.2) is 0 Å². The molecule has 1 N–H and O–H groups in total. The molecule has 3 rings (SSSR count). The van der Waals surface area contributed by atoms with Gasteiger partial charge < -0.3 is 0 Å². The Labute approximate surface area is 250 Å². The first-order valence-electron chi connectivity index (χ1n) is 15.4. The van der Waals surface area contributed by atoms with Crippen molar-refractivity contribution >= 4 is 18.4 Å². The number of aliphatic hydroxyl groups excluding tert-OH is 1. The Morgan fingerprint density at radius 2 is 0.975 bits per heavy atom. The molecule has 0 amide bonds. The Morgan fingerprint density at radius 3 is 1.25 bits per heavy atom. The van der Waals surface area contributed by atoms with Crippen LogP contribution in [-0.4, -0.2) is 29.6 Å². The molecule has 0 radical (unpaired) electrons. The molecule has 1 atom stereocenters. The first-order chi connectivity index (χ1) is 18.8. The molecule has 0 saturated heterocycles. The van der Waals surface area contributed by atoms with E-state index in [1.807, 2.05) is 6.92 Å². The molecule has 1 unspecified atom stereocenters. The third-order valence-corrected chi connectivity index (χ3v) is 27.4. The number of aliphatic hydroxyl groups is 1. The summed E-state index contributed by atoms with van der Waals surface area (Å²) in [5.41, 5.74) is 4.41. The molecule has 40 heavy (non-hydrogen) atoms. The van der Waals surface area contributed by atoms with E-state index >= 15 is 0 Å². The fraction of sp³-hybridized carbons (Fsp3) is 0.474. The molecule has 0 saturated carbocycles. The Balaban J connectivity index is 2.29. The molecule has 0 fully saturated rings. The van der Waals surface area contributed by atoms with Crippen LogP contribution in [0, 0.1) is 0 Å². The predicted octanol–water partition coefficient (Wildman–Crippen LogP) is 10.4. The quantitative estimate of drug-likeness (QED) is 0.173. The topological polar surface area (TPSA) is 20.2 Å². The van der Waals surface area contributed by atoms with Gasteiger partial charge >= 0.3 is 251 Å². The fourth-order valence-electron chi connectivity index (χ4n) is 7.22. The van der Waals surface area contributed by atoms with Crippen LogP contribution in [-0.2, 0) is 16.2 Å². The molecule has 0 aromatic heterocycles. The third-order valence-electron chi connectivity index (χ3n) is 8.93. The number of hydrogen-bond acceptors (Lipinski definition) is 1. The molecule has 0 bridgehead atoms. The Bertz CT molecular complexity index is 1060. The van der Waals surface area contributed by atoms with Gasteiger partial charge in [0, 0.05) is 0 Å². The molecule has 0 heterocycles. The van der Waals surface area contributed by atoms with Crippen molar-refractivity contribution in [2.45, 2.75) is 110 Å². The van der Waals surface area contributed by atoms with Crippen molar-refractivity contribution in [1.82, 2.24) is 0 Å². The van der Waals surface area contributed by atoms with Crippen molar-refractivity contribution in [3.05, 3.63) is 117 Å². The van der Waals surface area contributed by atoms with E-state index in [-0.39, 0.29) is 16.2 Å². The second kappa shape index (κ2) is 13.9. The molecule has 3 aromatic carbocycles. The molecule has 0 aliphatic carbocycles. The van der Waals surface area contributed by atoms with E-state index in [2.05, 4.69) is 146 Å². The number of unbranched alkanes of at least 4 members (excludes halogenated alkanes) is 1. The summed E-state index contributed by atoms with van der Waals surface area (Å²) in [5.74, 6) is 0. The summed E-state index contributed by atoms with van der Waals surface area (Å²) < 4.78 is 5.31. The Morgan fingerprint density at radius 1 is 0.650 bits per heavy atom. The molecule has 216 valence electrons. The van der Waals surface area contributed by atoms with Crippen LogP contribution in [0.5, 0.6) is 0 Å². The molecule has 0 aliphatic heterocycles. The molecule has 1 nitrogen and oxygen atoms in total. The van der Waals surface area contributed by atoms with Gasteiger partial charge in [-0.1, -0.05) is 0 Å². The SMILES string of the molecule is CCCC/[C](=C\C(C)O)[Sn]([CH2]C(C)(C)c1ccccc1)([CH2]C(C)(C)c1ccccc1)[CH2]C(C)(C)c1ccccc1. The van der Waals surface area contributed by atoms with Gasteiger partial charge in [0.1, 0.15) is 0 Å². The summed E-state index contributed by atoms with van der Waals surface area (Å²) in [6.45, 7) is 19.1. The van der Waals surface area contributed by atoms with Gasteiger partial charge in [-0.15, -0.1) is 0 Å². The summed E-state index contributed by atoms with van der Waals surface area (Å²) in [5, 5.41) is 10.9. The molecule has 0 aliphatic rings.